The van der Waals surface area contributed by atoms with Gasteiger partial charge in [-0.1, -0.05) is 6.07 Å². The number of thiophene rings is 1. The zero-order valence-electron chi connectivity index (χ0n) is 6.87. The molecule has 0 spiro atoms. The number of hydrogen-bond donors (Lipinski definition) is 2. The maximum Gasteiger partial charge on any atom is 0.489 e. The van der Waals surface area contributed by atoms with Crippen LogP contribution >= 0.6 is 27.3 Å². The van der Waals surface area contributed by atoms with Gasteiger partial charge >= 0.3 is 7.12 Å². The summed E-state index contributed by atoms with van der Waals surface area (Å²) in [5.41, 5.74) is 0.331. The van der Waals surface area contributed by atoms with E-state index in [9.17, 15) is 4.39 Å². The lowest BCUT2D eigenvalue weighted by Crippen LogP contribution is -2.30. The second kappa shape index (κ2) is 3.62. The van der Waals surface area contributed by atoms with Crippen molar-refractivity contribution >= 4 is 49.9 Å². The molecular weight excluding hydrogens is 270 g/mol. The Balaban J connectivity index is 2.83. The zero-order chi connectivity index (χ0) is 10.3. The largest absolute Gasteiger partial charge is 0.489 e. The molecule has 2 nitrogen and oxygen atoms in total. The van der Waals surface area contributed by atoms with Crippen molar-refractivity contribution in [3.8, 4) is 0 Å². The molecule has 1 heterocycles. The van der Waals surface area contributed by atoms with Gasteiger partial charge in [0.2, 0.25) is 0 Å². The van der Waals surface area contributed by atoms with Gasteiger partial charge < -0.3 is 10.0 Å². The van der Waals surface area contributed by atoms with Crippen molar-refractivity contribution in [3.05, 3.63) is 27.8 Å². The standard InChI is InChI=1S/C8H5BBrFO2S/c10-5-3-14-8-4(9(12)13)1-2-6(11)7(5)8/h1-3,12-13H. The van der Waals surface area contributed by atoms with Crippen LogP contribution in [-0.4, -0.2) is 17.2 Å². The molecule has 0 aliphatic rings. The second-order valence-electron chi connectivity index (χ2n) is 2.80. The minimum atomic E-state index is -1.57. The van der Waals surface area contributed by atoms with Gasteiger partial charge in [0.25, 0.3) is 0 Å². The van der Waals surface area contributed by atoms with Crippen LogP contribution in [0, 0.1) is 5.82 Å². The fourth-order valence-corrected chi connectivity index (χ4v) is 3.07. The van der Waals surface area contributed by atoms with E-state index in [2.05, 4.69) is 15.9 Å². The maximum atomic E-state index is 13.3. The summed E-state index contributed by atoms with van der Waals surface area (Å²) >= 11 is 4.48. The quantitative estimate of drug-likeness (QED) is 0.774. The van der Waals surface area contributed by atoms with Gasteiger partial charge in [-0.05, 0) is 22.0 Å². The van der Waals surface area contributed by atoms with Gasteiger partial charge in [-0.2, -0.15) is 0 Å². The molecule has 2 rings (SSSR count). The third kappa shape index (κ3) is 1.48. The zero-order valence-corrected chi connectivity index (χ0v) is 9.27. The van der Waals surface area contributed by atoms with Gasteiger partial charge in [-0.3, -0.25) is 0 Å². The summed E-state index contributed by atoms with van der Waals surface area (Å²) in [6, 6.07) is 2.61. The molecule has 0 radical (unpaired) electrons. The predicted molar refractivity (Wildman–Crippen MR) is 59.3 cm³/mol. The molecule has 2 aromatic rings. The van der Waals surface area contributed by atoms with Crippen LogP contribution in [0.4, 0.5) is 4.39 Å². The molecule has 72 valence electrons. The Labute approximate surface area is 92.3 Å². The Kier molecular flexibility index (Phi) is 2.61. The molecule has 0 atom stereocenters. The number of halogens is 2. The summed E-state index contributed by atoms with van der Waals surface area (Å²) in [6.07, 6.45) is 0. The van der Waals surface area contributed by atoms with Crippen molar-refractivity contribution in [1.82, 2.24) is 0 Å². The smallest absolute Gasteiger partial charge is 0.423 e. The van der Waals surface area contributed by atoms with Crippen LogP contribution in [0.15, 0.2) is 22.0 Å². The van der Waals surface area contributed by atoms with Crippen molar-refractivity contribution in [2.45, 2.75) is 0 Å². The van der Waals surface area contributed by atoms with Gasteiger partial charge in [0, 0.05) is 25.4 Å². The lowest BCUT2D eigenvalue weighted by atomic mass is 9.80. The highest BCUT2D eigenvalue weighted by atomic mass is 79.9. The van der Waals surface area contributed by atoms with Crippen LogP contribution in [-0.2, 0) is 0 Å². The molecule has 0 saturated heterocycles. The lowest BCUT2D eigenvalue weighted by Gasteiger charge is -2.01. The molecule has 0 amide bonds. The van der Waals surface area contributed by atoms with E-state index in [4.69, 9.17) is 10.0 Å². The number of hydrogen-bond acceptors (Lipinski definition) is 3. The molecule has 1 aromatic heterocycles. The van der Waals surface area contributed by atoms with Crippen LogP contribution in [0.1, 0.15) is 0 Å². The number of rotatable bonds is 1. The van der Waals surface area contributed by atoms with Gasteiger partial charge in [0.05, 0.1) is 0 Å². The van der Waals surface area contributed by atoms with E-state index >= 15 is 0 Å². The predicted octanol–water partition coefficient (Wildman–Crippen LogP) is 1.48. The van der Waals surface area contributed by atoms with Crippen LogP contribution in [0.5, 0.6) is 0 Å². The third-order valence-corrected chi connectivity index (χ3v) is 3.89. The first-order valence-electron chi connectivity index (χ1n) is 3.82. The lowest BCUT2D eigenvalue weighted by molar-refractivity contribution is 0.426. The van der Waals surface area contributed by atoms with Crippen molar-refractivity contribution in [2.75, 3.05) is 0 Å². The fourth-order valence-electron chi connectivity index (χ4n) is 1.30. The average molecular weight is 275 g/mol. The van der Waals surface area contributed by atoms with Crippen LogP contribution < -0.4 is 5.46 Å². The Bertz CT molecular complexity index is 485. The van der Waals surface area contributed by atoms with Gasteiger partial charge in [0.1, 0.15) is 5.82 Å². The minimum Gasteiger partial charge on any atom is -0.423 e. The van der Waals surface area contributed by atoms with Gasteiger partial charge in [0.15, 0.2) is 0 Å². The maximum absolute atomic E-state index is 13.3. The van der Waals surface area contributed by atoms with E-state index in [1.165, 1.54) is 23.5 Å². The minimum absolute atomic E-state index is 0.331. The van der Waals surface area contributed by atoms with E-state index in [0.717, 1.165) is 0 Å². The average Bonchev–Trinajstić information content (AvgIpc) is 2.49. The van der Waals surface area contributed by atoms with Gasteiger partial charge in [-0.25, -0.2) is 4.39 Å². The van der Waals surface area contributed by atoms with Crippen molar-refractivity contribution < 1.29 is 14.4 Å². The number of fused-ring (bicyclic) bond motifs is 1. The first-order chi connectivity index (χ1) is 6.61. The molecule has 0 aliphatic carbocycles. The Morgan fingerprint density at radius 1 is 1.36 bits per heavy atom. The summed E-state index contributed by atoms with van der Waals surface area (Å²) in [5, 5.41) is 20.2. The molecule has 0 fully saturated rings. The highest BCUT2D eigenvalue weighted by Gasteiger charge is 2.18. The van der Waals surface area contributed by atoms with E-state index in [0.29, 0.717) is 20.0 Å². The van der Waals surface area contributed by atoms with Gasteiger partial charge in [-0.15, -0.1) is 11.3 Å². The van der Waals surface area contributed by atoms with Crippen molar-refractivity contribution in [2.24, 2.45) is 0 Å². The third-order valence-electron chi connectivity index (χ3n) is 1.93. The first-order valence-corrected chi connectivity index (χ1v) is 5.49. The first kappa shape index (κ1) is 10.1. The Morgan fingerprint density at radius 3 is 2.71 bits per heavy atom. The summed E-state index contributed by atoms with van der Waals surface area (Å²) in [6.45, 7) is 0. The second-order valence-corrected chi connectivity index (χ2v) is 4.53. The van der Waals surface area contributed by atoms with E-state index in [-0.39, 0.29) is 5.82 Å². The Morgan fingerprint density at radius 2 is 2.07 bits per heavy atom. The molecule has 0 unspecified atom stereocenters. The van der Waals surface area contributed by atoms with Crippen LogP contribution in [0.2, 0.25) is 0 Å². The SMILES string of the molecule is OB(O)c1ccc(F)c2c(Br)csc12. The molecule has 6 heteroatoms. The van der Waals surface area contributed by atoms with E-state index < -0.39 is 7.12 Å². The summed E-state index contributed by atoms with van der Waals surface area (Å²) in [5.74, 6) is -0.363. The molecule has 2 N–H and O–H groups in total. The summed E-state index contributed by atoms with van der Waals surface area (Å²) in [7, 11) is -1.57. The topological polar surface area (TPSA) is 40.5 Å². The molecule has 1 aromatic carbocycles. The molecule has 0 saturated carbocycles. The van der Waals surface area contributed by atoms with Crippen molar-refractivity contribution in [3.63, 3.8) is 0 Å². The fraction of sp³-hybridized carbons (Fsp3) is 0. The highest BCUT2D eigenvalue weighted by Crippen LogP contribution is 2.31. The molecular formula is C8H5BBrFO2S. The monoisotopic (exact) mass is 274 g/mol. The molecule has 0 bridgehead atoms. The molecule has 14 heavy (non-hydrogen) atoms. The summed E-state index contributed by atoms with van der Waals surface area (Å²) in [4.78, 5) is 0. The summed E-state index contributed by atoms with van der Waals surface area (Å²) < 4.78 is 14.5. The van der Waals surface area contributed by atoms with Crippen LogP contribution in [0.3, 0.4) is 0 Å². The van der Waals surface area contributed by atoms with E-state index in [1.807, 2.05) is 0 Å². The number of benzene rings is 1. The highest BCUT2D eigenvalue weighted by molar-refractivity contribution is 9.10. The van der Waals surface area contributed by atoms with Crippen molar-refractivity contribution in [1.29, 1.82) is 0 Å². The van der Waals surface area contributed by atoms with E-state index in [1.54, 1.807) is 5.38 Å². The van der Waals surface area contributed by atoms with Crippen LogP contribution in [0.25, 0.3) is 10.1 Å². The Hall–Kier alpha value is -0.425. The normalized spacial score (nSPS) is 10.9. The molecule has 0 aliphatic heterocycles.